The van der Waals surface area contributed by atoms with Crippen LogP contribution in [0.5, 0.6) is 11.6 Å². The van der Waals surface area contributed by atoms with Crippen molar-refractivity contribution in [3.8, 4) is 11.6 Å². The first-order valence-electron chi connectivity index (χ1n) is 18.8. The Balaban J connectivity index is 1.45. The van der Waals surface area contributed by atoms with Gasteiger partial charge in [0.2, 0.25) is 5.88 Å². The second-order valence-corrected chi connectivity index (χ2v) is 17.4. The third-order valence-electron chi connectivity index (χ3n) is 11.7. The molecule has 2 aromatic rings. The minimum atomic E-state index is -3.37. The van der Waals surface area contributed by atoms with Gasteiger partial charge in [0, 0.05) is 30.2 Å². The molecule has 0 N–H and O–H groups in total. The van der Waals surface area contributed by atoms with E-state index in [0.717, 1.165) is 12.8 Å². The summed E-state index contributed by atoms with van der Waals surface area (Å²) in [5.41, 5.74) is -1.42. The number of aromatic nitrogens is 2. The number of Topliss-reactive ketones (excluding diaryl/α,β-unsaturated/α-hetero) is 1. The summed E-state index contributed by atoms with van der Waals surface area (Å²) in [5.74, 6) is -6.48. The predicted molar refractivity (Wildman–Crippen MR) is 186 cm³/mol. The van der Waals surface area contributed by atoms with Crippen molar-refractivity contribution < 1.29 is 42.1 Å². The normalized spacial score (nSPS) is 32.8. The Bertz CT molecular complexity index is 1650. The zero-order chi connectivity index (χ0) is 37.0. The van der Waals surface area contributed by atoms with Gasteiger partial charge in [-0.1, -0.05) is 34.1 Å². The van der Waals surface area contributed by atoms with Crippen molar-refractivity contribution >= 4 is 28.8 Å². The molecular formula is C40H54F2N2O7. The maximum atomic E-state index is 16.4. The van der Waals surface area contributed by atoms with Crippen molar-refractivity contribution in [1.82, 2.24) is 9.97 Å². The number of nitrogens with zero attached hydrogens (tertiary/aromatic N) is 2. The third-order valence-corrected chi connectivity index (χ3v) is 11.7. The van der Waals surface area contributed by atoms with Crippen LogP contribution in [0.3, 0.4) is 0 Å². The van der Waals surface area contributed by atoms with E-state index < -0.39 is 70.8 Å². The number of hydrogen-bond acceptors (Lipinski definition) is 9. The Hall–Kier alpha value is -3.37. The molecule has 1 aromatic carbocycles. The average Bonchev–Trinajstić information content (AvgIpc) is 3.57. The van der Waals surface area contributed by atoms with Gasteiger partial charge < -0.3 is 18.9 Å². The molecule has 3 fully saturated rings. The van der Waals surface area contributed by atoms with Gasteiger partial charge in [-0.25, -0.2) is 9.97 Å². The molecule has 3 aliphatic carbocycles. The quantitative estimate of drug-likeness (QED) is 0.290. The van der Waals surface area contributed by atoms with Gasteiger partial charge in [0.25, 0.3) is 5.92 Å². The Morgan fingerprint density at radius 1 is 0.961 bits per heavy atom. The molecule has 6 rings (SSSR count). The topological polar surface area (TPSA) is 114 Å². The van der Waals surface area contributed by atoms with E-state index >= 15 is 8.78 Å². The monoisotopic (exact) mass is 712 g/mol. The summed E-state index contributed by atoms with van der Waals surface area (Å²) in [5, 5.41) is 0. The highest BCUT2D eigenvalue weighted by molar-refractivity contribution is 5.92. The molecule has 0 spiro atoms. The molecular weight excluding hydrogens is 658 g/mol. The number of rotatable bonds is 3. The summed E-state index contributed by atoms with van der Waals surface area (Å²) >= 11 is 0. The second kappa shape index (κ2) is 13.9. The van der Waals surface area contributed by atoms with Crippen molar-refractivity contribution in [2.24, 2.45) is 46.8 Å². The first-order chi connectivity index (χ1) is 23.9. The van der Waals surface area contributed by atoms with Gasteiger partial charge in [-0.15, -0.1) is 0 Å². The molecule has 0 saturated heterocycles. The fraction of sp³-hybridized carbons (Fsp3) is 0.725. The van der Waals surface area contributed by atoms with Gasteiger partial charge in [0.15, 0.2) is 5.69 Å². The highest BCUT2D eigenvalue weighted by atomic mass is 19.3. The number of alkyl halides is 2. The molecule has 2 heterocycles. The SMILES string of the molecule is CC[C@@H]1[C@@H]2CC(C(=O)[C@H](C(C)(C)C)CC(=O)O[C@@H]3C[C@@H]4C[C@@H]4[C@H]3CCCCC(F)(F)c3nc4ccc(OC)cc4nc3O2)[C@@H]1C(=O)OC(C)(C)C. The van der Waals surface area contributed by atoms with Crippen LogP contribution in [0.4, 0.5) is 8.78 Å². The van der Waals surface area contributed by atoms with Crippen LogP contribution < -0.4 is 9.47 Å². The first-order valence-corrected chi connectivity index (χ1v) is 18.8. The Labute approximate surface area is 299 Å². The summed E-state index contributed by atoms with van der Waals surface area (Å²) < 4.78 is 56.6. The van der Waals surface area contributed by atoms with Crippen LogP contribution in [0, 0.1) is 46.8 Å². The van der Waals surface area contributed by atoms with E-state index in [9.17, 15) is 14.4 Å². The van der Waals surface area contributed by atoms with E-state index in [-0.39, 0.29) is 48.5 Å². The molecule has 51 heavy (non-hydrogen) atoms. The molecule has 9 nitrogen and oxygen atoms in total. The van der Waals surface area contributed by atoms with Crippen LogP contribution in [0.15, 0.2) is 18.2 Å². The van der Waals surface area contributed by atoms with Gasteiger partial charge in [-0.05, 0) is 94.6 Å². The van der Waals surface area contributed by atoms with Gasteiger partial charge in [-0.3, -0.25) is 14.4 Å². The molecule has 11 heteroatoms. The third kappa shape index (κ3) is 7.87. The number of fused-ring (bicyclic) bond motifs is 7. The zero-order valence-electron chi connectivity index (χ0n) is 31.3. The number of hydrogen-bond donors (Lipinski definition) is 0. The Morgan fingerprint density at radius 2 is 1.71 bits per heavy atom. The minimum absolute atomic E-state index is 0.0692. The number of methoxy groups -OCH3 is 1. The number of halogens is 2. The molecule has 0 radical (unpaired) electrons. The van der Waals surface area contributed by atoms with E-state index in [1.807, 2.05) is 27.7 Å². The molecule has 280 valence electrons. The van der Waals surface area contributed by atoms with Gasteiger partial charge in [0.1, 0.15) is 29.3 Å². The van der Waals surface area contributed by atoms with Crippen molar-refractivity contribution in [3.05, 3.63) is 23.9 Å². The fourth-order valence-electron chi connectivity index (χ4n) is 9.04. The lowest BCUT2D eigenvalue weighted by Gasteiger charge is -2.34. The lowest BCUT2D eigenvalue weighted by molar-refractivity contribution is -0.165. The van der Waals surface area contributed by atoms with Crippen molar-refractivity contribution in [2.75, 3.05) is 7.11 Å². The predicted octanol–water partition coefficient (Wildman–Crippen LogP) is 8.24. The van der Waals surface area contributed by atoms with Crippen LogP contribution in [0.1, 0.15) is 112 Å². The lowest BCUT2D eigenvalue weighted by atomic mass is 9.70. The van der Waals surface area contributed by atoms with Crippen molar-refractivity contribution in [3.63, 3.8) is 0 Å². The number of benzene rings is 1. The molecule has 2 bridgehead atoms. The van der Waals surface area contributed by atoms with Crippen molar-refractivity contribution in [1.29, 1.82) is 0 Å². The number of ether oxygens (including phenoxy) is 4. The summed E-state index contributed by atoms with van der Waals surface area (Å²) in [6.45, 7) is 12.9. The summed E-state index contributed by atoms with van der Waals surface area (Å²) in [7, 11) is 1.51. The fourth-order valence-corrected chi connectivity index (χ4v) is 9.04. The number of carbonyl (C=O) groups is 3. The van der Waals surface area contributed by atoms with E-state index in [1.54, 1.807) is 39.0 Å². The van der Waals surface area contributed by atoms with Crippen LogP contribution in [-0.2, 0) is 29.8 Å². The van der Waals surface area contributed by atoms with Gasteiger partial charge >= 0.3 is 11.9 Å². The van der Waals surface area contributed by atoms with Crippen LogP contribution in [-0.4, -0.2) is 52.6 Å². The summed E-state index contributed by atoms with van der Waals surface area (Å²) in [6.07, 6.45) is 2.13. The van der Waals surface area contributed by atoms with Crippen LogP contribution in [0.25, 0.3) is 11.0 Å². The van der Waals surface area contributed by atoms with Gasteiger partial charge in [-0.2, -0.15) is 8.78 Å². The highest BCUT2D eigenvalue weighted by Crippen LogP contribution is 2.58. The highest BCUT2D eigenvalue weighted by Gasteiger charge is 2.56. The molecule has 1 aliphatic heterocycles. The van der Waals surface area contributed by atoms with Crippen molar-refractivity contribution in [2.45, 2.75) is 130 Å². The Kier molecular flexibility index (Phi) is 10.2. The van der Waals surface area contributed by atoms with E-state index in [4.69, 9.17) is 18.9 Å². The maximum Gasteiger partial charge on any atom is 0.310 e. The maximum absolute atomic E-state index is 16.4. The van der Waals surface area contributed by atoms with Crippen LogP contribution in [0.2, 0.25) is 0 Å². The minimum Gasteiger partial charge on any atom is -0.497 e. The zero-order valence-corrected chi connectivity index (χ0v) is 31.3. The number of esters is 2. The number of ketones is 1. The summed E-state index contributed by atoms with van der Waals surface area (Å²) in [4.78, 5) is 51.5. The molecule has 1 unspecified atom stereocenters. The van der Waals surface area contributed by atoms with Gasteiger partial charge in [0.05, 0.1) is 30.5 Å². The summed E-state index contributed by atoms with van der Waals surface area (Å²) in [6, 6.07) is 4.87. The first kappa shape index (κ1) is 37.4. The molecule has 3 saturated carbocycles. The van der Waals surface area contributed by atoms with E-state index in [0.29, 0.717) is 42.4 Å². The van der Waals surface area contributed by atoms with E-state index in [1.165, 1.54) is 7.11 Å². The number of carbonyl (C=O) groups excluding carboxylic acids is 3. The molecule has 1 aromatic heterocycles. The standard InChI is InChI=1S/C40H54F2N2O7/c1-9-23-31-19-26(33(23)37(47)51-39(5,6)7)34(46)27(38(2,3)4)20-32(45)49-30-17-21-16-25(21)24(30)12-10-11-15-40(41,42)35-36(50-31)44-29-18-22(48-8)13-14-28(29)43-35/h13-14,18,21,23-27,30-31,33H,9-12,15-17,19-20H2,1-8H3/t21-,23+,24+,25-,26?,27+,30+,31-,33+/m0/s1. The smallest absolute Gasteiger partial charge is 0.310 e. The second-order valence-electron chi connectivity index (χ2n) is 17.4. The lowest BCUT2D eigenvalue weighted by Crippen LogP contribution is -2.41. The molecule has 9 atom stereocenters. The Morgan fingerprint density at radius 3 is 2.37 bits per heavy atom. The molecule has 4 aliphatic rings. The van der Waals surface area contributed by atoms with E-state index in [2.05, 4.69) is 9.97 Å². The molecule has 0 amide bonds. The van der Waals surface area contributed by atoms with Crippen LogP contribution >= 0.6 is 0 Å². The largest absolute Gasteiger partial charge is 0.497 e. The average molecular weight is 713 g/mol.